The Morgan fingerprint density at radius 1 is 0.889 bits per heavy atom. The van der Waals surface area contributed by atoms with E-state index in [1.54, 1.807) is 0 Å². The second-order valence-corrected chi connectivity index (χ2v) is 6.37. The Balaban J connectivity index is 2.28. The normalized spacial score (nSPS) is 15.6. The SMILES string of the molecule is CC1(C)c2ccccc2-c2ccc(C(Cl)Cl)cc21. The van der Waals surface area contributed by atoms with Crippen LogP contribution >= 0.6 is 23.2 Å². The largest absolute Gasteiger partial charge is 0.132 e. The molecule has 0 radical (unpaired) electrons. The van der Waals surface area contributed by atoms with Gasteiger partial charge in [0.05, 0.1) is 0 Å². The number of alkyl halides is 2. The first-order chi connectivity index (χ1) is 8.51. The molecule has 0 bridgehead atoms. The molecule has 0 amide bonds. The zero-order valence-corrected chi connectivity index (χ0v) is 11.9. The predicted octanol–water partition coefficient (Wildman–Crippen LogP) is 5.47. The molecule has 0 unspecified atom stereocenters. The van der Waals surface area contributed by atoms with Crippen LogP contribution in [-0.2, 0) is 5.41 Å². The first kappa shape index (κ1) is 12.1. The van der Waals surface area contributed by atoms with Gasteiger partial charge in [0.1, 0.15) is 4.84 Å². The average molecular weight is 277 g/mol. The summed E-state index contributed by atoms with van der Waals surface area (Å²) in [6.07, 6.45) is 0. The van der Waals surface area contributed by atoms with Gasteiger partial charge in [0.2, 0.25) is 0 Å². The summed E-state index contributed by atoms with van der Waals surface area (Å²) in [6.45, 7) is 4.50. The lowest BCUT2D eigenvalue weighted by Gasteiger charge is -2.22. The molecular weight excluding hydrogens is 263 g/mol. The molecule has 0 saturated carbocycles. The fourth-order valence-electron chi connectivity index (χ4n) is 2.86. The van der Waals surface area contributed by atoms with Gasteiger partial charge in [-0.15, -0.1) is 23.2 Å². The van der Waals surface area contributed by atoms with Gasteiger partial charge in [-0.05, 0) is 27.8 Å². The number of halogens is 2. The maximum Gasteiger partial charge on any atom is 0.132 e. The predicted molar refractivity (Wildman–Crippen MR) is 78.5 cm³/mol. The van der Waals surface area contributed by atoms with E-state index in [0.717, 1.165) is 5.56 Å². The number of benzene rings is 2. The molecule has 1 aliphatic carbocycles. The van der Waals surface area contributed by atoms with Crippen LogP contribution in [0.25, 0.3) is 11.1 Å². The van der Waals surface area contributed by atoms with Crippen LogP contribution in [-0.4, -0.2) is 0 Å². The van der Waals surface area contributed by atoms with Crippen LogP contribution in [0.5, 0.6) is 0 Å². The topological polar surface area (TPSA) is 0 Å². The number of fused-ring (bicyclic) bond motifs is 3. The van der Waals surface area contributed by atoms with Gasteiger partial charge in [-0.1, -0.05) is 56.3 Å². The molecule has 0 N–H and O–H groups in total. The lowest BCUT2D eigenvalue weighted by molar-refractivity contribution is 0.659. The highest BCUT2D eigenvalue weighted by Crippen LogP contribution is 2.49. The van der Waals surface area contributed by atoms with Crippen molar-refractivity contribution in [3.8, 4) is 11.1 Å². The van der Waals surface area contributed by atoms with Crippen LogP contribution < -0.4 is 0 Å². The van der Waals surface area contributed by atoms with E-state index in [1.165, 1.54) is 22.3 Å². The standard InChI is InChI=1S/C16H14Cl2/c1-16(2)13-6-4-3-5-11(13)12-8-7-10(15(17)18)9-14(12)16/h3-9,15H,1-2H3. The maximum atomic E-state index is 5.97. The molecule has 0 atom stereocenters. The summed E-state index contributed by atoms with van der Waals surface area (Å²) in [5.74, 6) is 0. The molecule has 0 saturated heterocycles. The third kappa shape index (κ3) is 1.60. The van der Waals surface area contributed by atoms with Crippen molar-refractivity contribution in [1.29, 1.82) is 0 Å². The van der Waals surface area contributed by atoms with Gasteiger partial charge >= 0.3 is 0 Å². The molecule has 2 heteroatoms. The van der Waals surface area contributed by atoms with E-state index in [0.29, 0.717) is 0 Å². The van der Waals surface area contributed by atoms with E-state index in [9.17, 15) is 0 Å². The summed E-state index contributed by atoms with van der Waals surface area (Å²) < 4.78 is 0. The van der Waals surface area contributed by atoms with Crippen LogP contribution in [0.4, 0.5) is 0 Å². The lowest BCUT2D eigenvalue weighted by Crippen LogP contribution is -2.15. The fourth-order valence-corrected chi connectivity index (χ4v) is 3.13. The van der Waals surface area contributed by atoms with Crippen molar-refractivity contribution >= 4 is 23.2 Å². The van der Waals surface area contributed by atoms with Crippen molar-refractivity contribution in [2.75, 3.05) is 0 Å². The minimum absolute atomic E-state index is 0.0185. The van der Waals surface area contributed by atoms with E-state index in [-0.39, 0.29) is 5.41 Å². The highest BCUT2D eigenvalue weighted by molar-refractivity contribution is 6.44. The van der Waals surface area contributed by atoms with Gasteiger partial charge in [0.25, 0.3) is 0 Å². The molecule has 0 aliphatic heterocycles. The molecule has 0 nitrogen and oxygen atoms in total. The fraction of sp³-hybridized carbons (Fsp3) is 0.250. The van der Waals surface area contributed by atoms with E-state index in [1.807, 2.05) is 6.07 Å². The van der Waals surface area contributed by atoms with Crippen molar-refractivity contribution in [3.05, 3.63) is 59.2 Å². The van der Waals surface area contributed by atoms with Gasteiger partial charge in [0, 0.05) is 5.41 Å². The third-order valence-corrected chi connectivity index (χ3v) is 4.36. The minimum atomic E-state index is -0.463. The molecule has 0 fully saturated rings. The van der Waals surface area contributed by atoms with Crippen LogP contribution in [0.1, 0.15) is 35.4 Å². The van der Waals surface area contributed by atoms with Crippen LogP contribution in [0.2, 0.25) is 0 Å². The zero-order valence-electron chi connectivity index (χ0n) is 10.4. The molecule has 2 aromatic carbocycles. The molecule has 1 aliphatic rings. The van der Waals surface area contributed by atoms with Crippen molar-refractivity contribution in [1.82, 2.24) is 0 Å². The molecule has 0 aromatic heterocycles. The van der Waals surface area contributed by atoms with Crippen LogP contribution in [0, 0.1) is 0 Å². The molecular formula is C16H14Cl2. The second kappa shape index (κ2) is 4.01. The monoisotopic (exact) mass is 276 g/mol. The van der Waals surface area contributed by atoms with Crippen LogP contribution in [0.15, 0.2) is 42.5 Å². The summed E-state index contributed by atoms with van der Waals surface area (Å²) >= 11 is 11.9. The van der Waals surface area contributed by atoms with Crippen molar-refractivity contribution in [2.45, 2.75) is 24.1 Å². The molecule has 0 heterocycles. The Morgan fingerprint density at radius 3 is 2.28 bits per heavy atom. The summed E-state index contributed by atoms with van der Waals surface area (Å²) in [5, 5.41) is 0. The third-order valence-electron chi connectivity index (χ3n) is 3.86. The van der Waals surface area contributed by atoms with E-state index < -0.39 is 4.84 Å². The summed E-state index contributed by atoms with van der Waals surface area (Å²) in [4.78, 5) is -0.463. The Morgan fingerprint density at radius 2 is 1.56 bits per heavy atom. The van der Waals surface area contributed by atoms with Crippen molar-refractivity contribution in [2.24, 2.45) is 0 Å². The first-order valence-corrected chi connectivity index (χ1v) is 6.91. The minimum Gasteiger partial charge on any atom is -0.100 e. The Hall–Kier alpha value is -0.980. The van der Waals surface area contributed by atoms with Crippen molar-refractivity contribution in [3.63, 3.8) is 0 Å². The Kier molecular flexibility index (Phi) is 2.69. The van der Waals surface area contributed by atoms with E-state index in [2.05, 4.69) is 50.2 Å². The molecule has 3 rings (SSSR count). The lowest BCUT2D eigenvalue weighted by atomic mass is 9.82. The smallest absolute Gasteiger partial charge is 0.100 e. The van der Waals surface area contributed by atoms with Crippen molar-refractivity contribution < 1.29 is 0 Å². The molecule has 2 aromatic rings. The maximum absolute atomic E-state index is 5.97. The van der Waals surface area contributed by atoms with E-state index in [4.69, 9.17) is 23.2 Å². The average Bonchev–Trinajstić information content (AvgIpc) is 2.59. The second-order valence-electron chi connectivity index (χ2n) is 5.28. The quantitative estimate of drug-likeness (QED) is 0.606. The Bertz CT molecular complexity index is 612. The number of hydrogen-bond acceptors (Lipinski definition) is 0. The number of rotatable bonds is 1. The van der Waals surface area contributed by atoms with E-state index >= 15 is 0 Å². The van der Waals surface area contributed by atoms with Gasteiger partial charge in [0.15, 0.2) is 0 Å². The van der Waals surface area contributed by atoms with Gasteiger partial charge in [-0.2, -0.15) is 0 Å². The highest BCUT2D eigenvalue weighted by atomic mass is 35.5. The Labute approximate surface area is 118 Å². The highest BCUT2D eigenvalue weighted by Gasteiger charge is 2.35. The van der Waals surface area contributed by atoms with Crippen LogP contribution in [0.3, 0.4) is 0 Å². The number of hydrogen-bond donors (Lipinski definition) is 0. The molecule has 92 valence electrons. The molecule has 0 spiro atoms. The van der Waals surface area contributed by atoms with Gasteiger partial charge in [-0.3, -0.25) is 0 Å². The summed E-state index contributed by atoms with van der Waals surface area (Å²) in [5.41, 5.74) is 6.30. The first-order valence-electron chi connectivity index (χ1n) is 6.04. The van der Waals surface area contributed by atoms with Gasteiger partial charge < -0.3 is 0 Å². The zero-order chi connectivity index (χ0) is 12.9. The van der Waals surface area contributed by atoms with Gasteiger partial charge in [-0.25, -0.2) is 0 Å². The summed E-state index contributed by atoms with van der Waals surface area (Å²) in [7, 11) is 0. The summed E-state index contributed by atoms with van der Waals surface area (Å²) in [6, 6.07) is 14.9. The molecule has 18 heavy (non-hydrogen) atoms.